The van der Waals surface area contributed by atoms with Crippen molar-refractivity contribution in [1.82, 2.24) is 24.8 Å². The molecule has 10 heteroatoms. The van der Waals surface area contributed by atoms with E-state index in [2.05, 4.69) is 26.4 Å². The lowest BCUT2D eigenvalue weighted by Crippen LogP contribution is -2.50. The van der Waals surface area contributed by atoms with Crippen molar-refractivity contribution in [3.05, 3.63) is 36.3 Å². The molecule has 5 rings (SSSR count). The zero-order valence-corrected chi connectivity index (χ0v) is 18.7. The third-order valence-electron chi connectivity index (χ3n) is 5.79. The van der Waals surface area contributed by atoms with Gasteiger partial charge in [0.15, 0.2) is 5.82 Å². The van der Waals surface area contributed by atoms with Crippen LogP contribution in [-0.4, -0.2) is 65.7 Å². The molecule has 1 fully saturated rings. The average molecular weight is 453 g/mol. The van der Waals surface area contributed by atoms with E-state index in [0.717, 1.165) is 62.5 Å². The van der Waals surface area contributed by atoms with Crippen LogP contribution in [0.25, 0.3) is 26.0 Å². The highest BCUT2D eigenvalue weighted by atomic mass is 32.1. The lowest BCUT2D eigenvalue weighted by Gasteiger charge is -2.31. The molecule has 0 spiro atoms. The first-order chi connectivity index (χ1) is 15.6. The van der Waals surface area contributed by atoms with E-state index in [4.69, 9.17) is 15.2 Å². The molecule has 3 N–H and O–H groups in total. The number of hydrogen-bond donors (Lipinski definition) is 2. The Morgan fingerprint density at radius 2 is 2.19 bits per heavy atom. The molecular weight excluding hydrogens is 428 g/mol. The van der Waals surface area contributed by atoms with Gasteiger partial charge < -0.3 is 25.3 Å². The Kier molecular flexibility index (Phi) is 5.41. The minimum Gasteiger partial charge on any atom is -0.497 e. The number of fused-ring (bicyclic) bond motifs is 2. The van der Waals surface area contributed by atoms with Crippen molar-refractivity contribution in [2.45, 2.75) is 12.6 Å². The lowest BCUT2D eigenvalue weighted by atomic mass is 10.1. The number of carbonyl (C=O) groups excluding carboxylic acids is 1. The normalized spacial score (nSPS) is 17.1. The number of piperazine rings is 1. The Hall–Kier alpha value is -3.21. The molecule has 0 radical (unpaired) electrons. The SMILES string of the molecule is COc1cc(OC)c2sc(-c3c(CN4CCNC(C=O)C4)cn4ncnc(N)c34)cc2c1. The van der Waals surface area contributed by atoms with Crippen molar-refractivity contribution in [2.24, 2.45) is 0 Å². The van der Waals surface area contributed by atoms with E-state index >= 15 is 0 Å². The largest absolute Gasteiger partial charge is 0.497 e. The van der Waals surface area contributed by atoms with Gasteiger partial charge in [0.25, 0.3) is 0 Å². The van der Waals surface area contributed by atoms with Gasteiger partial charge in [-0.25, -0.2) is 9.50 Å². The number of ether oxygens (including phenoxy) is 2. The molecule has 1 saturated heterocycles. The maximum absolute atomic E-state index is 11.3. The van der Waals surface area contributed by atoms with Gasteiger partial charge in [-0.15, -0.1) is 11.3 Å². The van der Waals surface area contributed by atoms with Crippen LogP contribution < -0.4 is 20.5 Å². The Balaban J connectivity index is 1.66. The average Bonchev–Trinajstić information content (AvgIpc) is 3.40. The third-order valence-corrected chi connectivity index (χ3v) is 6.97. The summed E-state index contributed by atoms with van der Waals surface area (Å²) in [4.78, 5) is 18.8. The van der Waals surface area contributed by atoms with Gasteiger partial charge >= 0.3 is 0 Å². The molecule has 1 aliphatic rings. The van der Waals surface area contributed by atoms with Gasteiger partial charge in [-0.2, -0.15) is 5.10 Å². The highest BCUT2D eigenvalue weighted by Gasteiger charge is 2.24. The van der Waals surface area contributed by atoms with Gasteiger partial charge in [0.2, 0.25) is 0 Å². The third kappa shape index (κ3) is 3.56. The second kappa shape index (κ2) is 8.38. The highest BCUT2D eigenvalue weighted by Crippen LogP contribution is 2.44. The number of anilines is 1. The van der Waals surface area contributed by atoms with Gasteiger partial charge in [-0.1, -0.05) is 0 Å². The van der Waals surface area contributed by atoms with Crippen molar-refractivity contribution in [3.63, 3.8) is 0 Å². The van der Waals surface area contributed by atoms with Gasteiger partial charge in [0.1, 0.15) is 29.6 Å². The van der Waals surface area contributed by atoms with Crippen LogP contribution in [0.15, 0.2) is 30.7 Å². The Morgan fingerprint density at radius 1 is 1.31 bits per heavy atom. The van der Waals surface area contributed by atoms with E-state index in [1.165, 1.54) is 6.33 Å². The van der Waals surface area contributed by atoms with Crippen molar-refractivity contribution < 1.29 is 14.3 Å². The summed E-state index contributed by atoms with van der Waals surface area (Å²) in [7, 11) is 3.30. The lowest BCUT2D eigenvalue weighted by molar-refractivity contribution is -0.110. The number of nitrogens with zero attached hydrogens (tertiary/aromatic N) is 4. The number of carbonyl (C=O) groups is 1. The van der Waals surface area contributed by atoms with Gasteiger partial charge in [0.05, 0.1) is 25.0 Å². The van der Waals surface area contributed by atoms with Crippen LogP contribution in [0.3, 0.4) is 0 Å². The van der Waals surface area contributed by atoms with E-state index in [-0.39, 0.29) is 6.04 Å². The number of nitrogens with one attached hydrogen (secondary N) is 1. The summed E-state index contributed by atoms with van der Waals surface area (Å²) >= 11 is 1.64. The summed E-state index contributed by atoms with van der Waals surface area (Å²) in [6.45, 7) is 2.97. The molecule has 0 amide bonds. The standard InChI is InChI=1S/C22H24N6O3S/c1-30-16-5-13-6-18(32-21(13)17(7-16)31-2)19-14(8-27-4-3-24-15(10-27)11-29)9-28-20(19)22(23)25-12-26-28/h5-7,9,11-12,15,24H,3-4,8,10H2,1-2H3,(H2,23,25,26). The predicted molar refractivity (Wildman–Crippen MR) is 124 cm³/mol. The first-order valence-electron chi connectivity index (χ1n) is 10.3. The first kappa shape index (κ1) is 20.7. The number of benzene rings is 1. The Morgan fingerprint density at radius 3 is 2.97 bits per heavy atom. The number of rotatable bonds is 6. The zero-order chi connectivity index (χ0) is 22.2. The fraction of sp³-hybridized carbons (Fsp3) is 0.318. The molecule has 1 aromatic carbocycles. The summed E-state index contributed by atoms with van der Waals surface area (Å²) in [5, 5.41) is 8.65. The zero-order valence-electron chi connectivity index (χ0n) is 17.9. The highest BCUT2D eigenvalue weighted by molar-refractivity contribution is 7.22. The van der Waals surface area contributed by atoms with E-state index in [0.29, 0.717) is 18.9 Å². The smallest absolute Gasteiger partial charge is 0.152 e. The summed E-state index contributed by atoms with van der Waals surface area (Å²) in [5.74, 6) is 1.93. The molecule has 0 aliphatic carbocycles. The summed E-state index contributed by atoms with van der Waals surface area (Å²) in [5.41, 5.74) is 9.17. The number of hydrogen-bond acceptors (Lipinski definition) is 9. The van der Waals surface area contributed by atoms with Crippen molar-refractivity contribution in [1.29, 1.82) is 0 Å². The number of aromatic nitrogens is 3. The maximum Gasteiger partial charge on any atom is 0.152 e. The second-order valence-electron chi connectivity index (χ2n) is 7.76. The van der Waals surface area contributed by atoms with Crippen LogP contribution >= 0.6 is 11.3 Å². The number of thiophene rings is 1. The number of nitrogens with two attached hydrogens (primary N) is 1. The van der Waals surface area contributed by atoms with Crippen LogP contribution in [0.4, 0.5) is 5.82 Å². The monoisotopic (exact) mass is 452 g/mol. The van der Waals surface area contributed by atoms with Crippen LogP contribution in [-0.2, 0) is 11.3 Å². The van der Waals surface area contributed by atoms with Crippen molar-refractivity contribution in [3.8, 4) is 21.9 Å². The molecule has 32 heavy (non-hydrogen) atoms. The topological polar surface area (TPSA) is 107 Å². The van der Waals surface area contributed by atoms with Crippen LogP contribution in [0.5, 0.6) is 11.5 Å². The van der Waals surface area contributed by atoms with E-state index in [1.807, 2.05) is 18.3 Å². The molecule has 0 saturated carbocycles. The molecular formula is C22H24N6O3S. The van der Waals surface area contributed by atoms with Crippen molar-refractivity contribution >= 4 is 39.0 Å². The minimum atomic E-state index is -0.157. The van der Waals surface area contributed by atoms with E-state index in [9.17, 15) is 4.79 Å². The molecule has 1 atom stereocenters. The Bertz CT molecular complexity index is 1300. The molecule has 4 aromatic rings. The predicted octanol–water partition coefficient (Wildman–Crippen LogP) is 2.18. The minimum absolute atomic E-state index is 0.157. The molecule has 3 aromatic heterocycles. The number of methoxy groups -OCH3 is 2. The second-order valence-corrected chi connectivity index (χ2v) is 8.81. The van der Waals surface area contributed by atoms with E-state index in [1.54, 1.807) is 30.1 Å². The van der Waals surface area contributed by atoms with Crippen LogP contribution in [0.2, 0.25) is 0 Å². The van der Waals surface area contributed by atoms with Gasteiger partial charge in [0, 0.05) is 54.3 Å². The quantitative estimate of drug-likeness (QED) is 0.429. The molecule has 166 valence electrons. The summed E-state index contributed by atoms with van der Waals surface area (Å²) in [6.07, 6.45) is 4.43. The Labute approximate surface area is 188 Å². The first-order valence-corrected chi connectivity index (χ1v) is 11.1. The van der Waals surface area contributed by atoms with Crippen LogP contribution in [0.1, 0.15) is 5.56 Å². The number of nitrogen functional groups attached to an aromatic ring is 1. The van der Waals surface area contributed by atoms with Gasteiger partial charge in [-0.05, 0) is 17.7 Å². The van der Waals surface area contributed by atoms with Crippen molar-refractivity contribution in [2.75, 3.05) is 39.6 Å². The fourth-order valence-corrected chi connectivity index (χ4v) is 5.50. The number of aldehydes is 1. The van der Waals surface area contributed by atoms with Crippen LogP contribution in [0, 0.1) is 0 Å². The molecule has 9 nitrogen and oxygen atoms in total. The summed E-state index contributed by atoms with van der Waals surface area (Å²) < 4.78 is 13.9. The maximum atomic E-state index is 11.3. The molecule has 4 heterocycles. The fourth-order valence-electron chi connectivity index (χ4n) is 4.28. The molecule has 0 bridgehead atoms. The molecule has 1 unspecified atom stereocenters. The molecule has 1 aliphatic heterocycles. The van der Waals surface area contributed by atoms with Gasteiger partial charge in [-0.3, -0.25) is 4.90 Å². The summed E-state index contributed by atoms with van der Waals surface area (Å²) in [6, 6.07) is 5.86. The van der Waals surface area contributed by atoms with E-state index < -0.39 is 0 Å².